The number of carbonyl (C=O) groups is 2. The molecule has 0 unspecified atom stereocenters. The Balaban J connectivity index is 2.86. The summed E-state index contributed by atoms with van der Waals surface area (Å²) >= 11 is 0. The lowest BCUT2D eigenvalue weighted by Gasteiger charge is -2.18. The van der Waals surface area contributed by atoms with Gasteiger partial charge in [-0.2, -0.15) is 0 Å². The van der Waals surface area contributed by atoms with Crippen molar-refractivity contribution >= 4 is 11.9 Å². The molecule has 0 atom stereocenters. The van der Waals surface area contributed by atoms with Gasteiger partial charge in [-0.05, 0) is 26.0 Å². The van der Waals surface area contributed by atoms with Crippen LogP contribution in [0.25, 0.3) is 0 Å². The summed E-state index contributed by atoms with van der Waals surface area (Å²) in [6.45, 7) is 3.45. The lowest BCUT2D eigenvalue weighted by molar-refractivity contribution is 0.0425. The highest BCUT2D eigenvalue weighted by Gasteiger charge is 2.19. The van der Waals surface area contributed by atoms with Crippen molar-refractivity contribution in [2.24, 2.45) is 5.73 Å². The molecule has 0 fully saturated rings. The van der Waals surface area contributed by atoms with E-state index < -0.39 is 17.5 Å². The monoisotopic (exact) mass is 237 g/mol. The van der Waals surface area contributed by atoms with E-state index in [0.29, 0.717) is 0 Å². The smallest absolute Gasteiger partial charge is 0.339 e. The Kier molecular flexibility index (Phi) is 3.85. The van der Waals surface area contributed by atoms with Crippen molar-refractivity contribution in [3.8, 4) is 0 Å². The molecule has 5 heteroatoms. The number of nitrogens with two attached hydrogens (primary N) is 1. The van der Waals surface area contributed by atoms with Gasteiger partial charge in [-0.25, -0.2) is 9.59 Å². The minimum atomic E-state index is -1.16. The molecule has 5 nitrogen and oxygen atoms in total. The molecule has 0 saturated carbocycles. The van der Waals surface area contributed by atoms with E-state index in [9.17, 15) is 9.59 Å². The zero-order valence-corrected chi connectivity index (χ0v) is 9.77. The zero-order chi connectivity index (χ0) is 13.1. The highest BCUT2D eigenvalue weighted by molar-refractivity contribution is 6.02. The topological polar surface area (TPSA) is 89.6 Å². The van der Waals surface area contributed by atoms with Crippen molar-refractivity contribution in [2.45, 2.75) is 19.4 Å². The Morgan fingerprint density at radius 2 is 1.82 bits per heavy atom. The van der Waals surface area contributed by atoms with E-state index in [1.165, 1.54) is 12.1 Å². The fourth-order valence-corrected chi connectivity index (χ4v) is 1.18. The van der Waals surface area contributed by atoms with Crippen LogP contribution < -0.4 is 5.73 Å². The molecule has 1 aromatic rings. The molecule has 3 N–H and O–H groups in total. The summed E-state index contributed by atoms with van der Waals surface area (Å²) in [5.74, 6) is -1.84. The van der Waals surface area contributed by atoms with Gasteiger partial charge in [0.1, 0.15) is 6.61 Å². The van der Waals surface area contributed by atoms with E-state index in [-0.39, 0.29) is 17.7 Å². The molecule has 0 radical (unpaired) electrons. The second-order valence-corrected chi connectivity index (χ2v) is 4.42. The Morgan fingerprint density at radius 3 is 2.29 bits per heavy atom. The van der Waals surface area contributed by atoms with Crippen molar-refractivity contribution < 1.29 is 19.4 Å². The van der Waals surface area contributed by atoms with E-state index in [1.54, 1.807) is 26.0 Å². The molecule has 0 aliphatic carbocycles. The average Bonchev–Trinajstić information content (AvgIpc) is 2.25. The van der Waals surface area contributed by atoms with Crippen LogP contribution in [-0.4, -0.2) is 29.2 Å². The second kappa shape index (κ2) is 4.97. The van der Waals surface area contributed by atoms with Crippen LogP contribution in [0.15, 0.2) is 24.3 Å². The maximum Gasteiger partial charge on any atom is 0.339 e. The Hall–Kier alpha value is -1.88. The summed E-state index contributed by atoms with van der Waals surface area (Å²) in [6.07, 6.45) is 0. The normalized spacial score (nSPS) is 11.0. The number of benzene rings is 1. The molecule has 0 bridgehead atoms. The van der Waals surface area contributed by atoms with Crippen molar-refractivity contribution in [3.63, 3.8) is 0 Å². The van der Waals surface area contributed by atoms with E-state index in [1.807, 2.05) is 0 Å². The van der Waals surface area contributed by atoms with Crippen LogP contribution in [0.3, 0.4) is 0 Å². The van der Waals surface area contributed by atoms with E-state index >= 15 is 0 Å². The summed E-state index contributed by atoms with van der Waals surface area (Å²) in [5, 5.41) is 8.91. The number of carboxylic acid groups (broad SMARTS) is 1. The summed E-state index contributed by atoms with van der Waals surface area (Å²) in [4.78, 5) is 22.6. The van der Waals surface area contributed by atoms with Gasteiger partial charge in [0.05, 0.1) is 11.1 Å². The molecule has 0 aromatic heterocycles. The number of carboxylic acids is 1. The minimum Gasteiger partial charge on any atom is -0.478 e. The van der Waals surface area contributed by atoms with Gasteiger partial charge >= 0.3 is 11.9 Å². The molecule has 0 aliphatic heterocycles. The number of ether oxygens (including phenoxy) is 1. The van der Waals surface area contributed by atoms with Gasteiger partial charge in [0.25, 0.3) is 0 Å². The van der Waals surface area contributed by atoms with Gasteiger partial charge in [-0.15, -0.1) is 0 Å². The fraction of sp³-hybridized carbons (Fsp3) is 0.333. The maximum absolute atomic E-state index is 11.7. The molecule has 1 aromatic carbocycles. The number of rotatable bonds is 4. The predicted molar refractivity (Wildman–Crippen MR) is 62.0 cm³/mol. The van der Waals surface area contributed by atoms with Gasteiger partial charge in [0, 0.05) is 5.54 Å². The van der Waals surface area contributed by atoms with Crippen molar-refractivity contribution in [3.05, 3.63) is 35.4 Å². The quantitative estimate of drug-likeness (QED) is 0.770. The van der Waals surface area contributed by atoms with Gasteiger partial charge in [-0.1, -0.05) is 12.1 Å². The van der Waals surface area contributed by atoms with Crippen molar-refractivity contribution in [1.29, 1.82) is 0 Å². The first-order valence-electron chi connectivity index (χ1n) is 5.09. The van der Waals surface area contributed by atoms with Gasteiger partial charge < -0.3 is 15.6 Å². The van der Waals surface area contributed by atoms with Crippen LogP contribution in [0.5, 0.6) is 0 Å². The van der Waals surface area contributed by atoms with Gasteiger partial charge in [-0.3, -0.25) is 0 Å². The first kappa shape index (κ1) is 13.2. The molecule has 92 valence electrons. The number of aromatic carboxylic acids is 1. The van der Waals surface area contributed by atoms with Crippen LogP contribution >= 0.6 is 0 Å². The molecule has 1 rings (SSSR count). The standard InChI is InChI=1S/C12H15NO4/c1-12(2,13)7-17-11(16)9-6-4-3-5-8(9)10(14)15/h3-6H,7,13H2,1-2H3,(H,14,15). The molecular weight excluding hydrogens is 222 g/mol. The summed E-state index contributed by atoms with van der Waals surface area (Å²) in [7, 11) is 0. The summed E-state index contributed by atoms with van der Waals surface area (Å²) in [6, 6.07) is 5.89. The highest BCUT2D eigenvalue weighted by Crippen LogP contribution is 2.11. The molecule has 0 saturated heterocycles. The molecule has 0 spiro atoms. The van der Waals surface area contributed by atoms with Crippen LogP contribution in [0.2, 0.25) is 0 Å². The number of esters is 1. The lowest BCUT2D eigenvalue weighted by Crippen LogP contribution is -2.38. The van der Waals surface area contributed by atoms with Gasteiger partial charge in [0.15, 0.2) is 0 Å². The Bertz CT molecular complexity index is 434. The van der Waals surface area contributed by atoms with Gasteiger partial charge in [0.2, 0.25) is 0 Å². The second-order valence-electron chi connectivity index (χ2n) is 4.42. The number of hydrogen-bond acceptors (Lipinski definition) is 4. The summed E-state index contributed by atoms with van der Waals surface area (Å²) < 4.78 is 4.96. The highest BCUT2D eigenvalue weighted by atomic mass is 16.5. The lowest BCUT2D eigenvalue weighted by atomic mass is 10.1. The van der Waals surface area contributed by atoms with Crippen LogP contribution in [0, 0.1) is 0 Å². The van der Waals surface area contributed by atoms with Crippen molar-refractivity contribution in [1.82, 2.24) is 0 Å². The molecule has 0 heterocycles. The third kappa shape index (κ3) is 3.88. The average molecular weight is 237 g/mol. The largest absolute Gasteiger partial charge is 0.478 e. The van der Waals surface area contributed by atoms with E-state index in [0.717, 1.165) is 0 Å². The third-order valence-corrected chi connectivity index (χ3v) is 1.95. The first-order chi connectivity index (χ1) is 7.81. The molecule has 0 aliphatic rings. The Morgan fingerprint density at radius 1 is 1.29 bits per heavy atom. The number of hydrogen-bond donors (Lipinski definition) is 2. The zero-order valence-electron chi connectivity index (χ0n) is 9.77. The number of carbonyl (C=O) groups excluding carboxylic acids is 1. The van der Waals surface area contributed by atoms with Crippen molar-refractivity contribution in [2.75, 3.05) is 6.61 Å². The van der Waals surface area contributed by atoms with Crippen LogP contribution in [-0.2, 0) is 4.74 Å². The van der Waals surface area contributed by atoms with E-state index in [4.69, 9.17) is 15.6 Å². The predicted octanol–water partition coefficient (Wildman–Crippen LogP) is 1.28. The third-order valence-electron chi connectivity index (χ3n) is 1.95. The van der Waals surface area contributed by atoms with Crippen LogP contribution in [0.4, 0.5) is 0 Å². The maximum atomic E-state index is 11.7. The van der Waals surface area contributed by atoms with Crippen LogP contribution in [0.1, 0.15) is 34.6 Å². The summed E-state index contributed by atoms with van der Waals surface area (Å²) in [5.41, 5.74) is 4.98. The molecule has 0 amide bonds. The molecular formula is C12H15NO4. The van der Waals surface area contributed by atoms with E-state index in [2.05, 4.69) is 0 Å². The Labute approximate surface area is 99.2 Å². The fourth-order valence-electron chi connectivity index (χ4n) is 1.18. The molecule has 17 heavy (non-hydrogen) atoms. The first-order valence-corrected chi connectivity index (χ1v) is 5.09. The minimum absolute atomic E-state index is 0.0276. The SMILES string of the molecule is CC(C)(N)COC(=O)c1ccccc1C(=O)O.